The number of likely N-dealkylation sites (tertiary alicyclic amines) is 1. The first-order chi connectivity index (χ1) is 9.99. The van der Waals surface area contributed by atoms with Crippen LogP contribution in [-0.4, -0.2) is 77.7 Å². The third-order valence-corrected chi connectivity index (χ3v) is 4.09. The zero-order chi connectivity index (χ0) is 15.6. The maximum absolute atomic E-state index is 12.6. The van der Waals surface area contributed by atoms with Crippen LogP contribution in [0.25, 0.3) is 0 Å². The maximum Gasteiger partial charge on any atom is 0.326 e. The predicted octanol–water partition coefficient (Wildman–Crippen LogP) is -0.509. The Morgan fingerprint density at radius 2 is 2.14 bits per heavy atom. The van der Waals surface area contributed by atoms with Crippen molar-refractivity contribution >= 4 is 17.9 Å². The summed E-state index contributed by atoms with van der Waals surface area (Å²) in [5.74, 6) is -1.23. The van der Waals surface area contributed by atoms with Gasteiger partial charge in [-0.05, 0) is 6.42 Å². The smallest absolute Gasteiger partial charge is 0.326 e. The van der Waals surface area contributed by atoms with Gasteiger partial charge in [0.1, 0.15) is 12.1 Å². The van der Waals surface area contributed by atoms with E-state index in [9.17, 15) is 19.5 Å². The Kier molecular flexibility index (Phi) is 4.66. The van der Waals surface area contributed by atoms with E-state index in [1.807, 2.05) is 6.92 Å². The van der Waals surface area contributed by atoms with Crippen molar-refractivity contribution in [3.8, 4) is 0 Å². The molecule has 2 aliphatic heterocycles. The molecule has 0 spiro atoms. The Labute approximate surface area is 123 Å². The second kappa shape index (κ2) is 6.30. The fraction of sp³-hybridized carbons (Fsp3) is 0.769. The third-order valence-electron chi connectivity index (χ3n) is 4.09. The molecule has 0 aromatic carbocycles. The summed E-state index contributed by atoms with van der Waals surface area (Å²) in [4.78, 5) is 38.6. The lowest BCUT2D eigenvalue weighted by Crippen LogP contribution is -2.60. The van der Waals surface area contributed by atoms with Crippen LogP contribution in [0.4, 0.5) is 4.79 Å². The van der Waals surface area contributed by atoms with Gasteiger partial charge < -0.3 is 25.0 Å². The van der Waals surface area contributed by atoms with Crippen LogP contribution in [0.2, 0.25) is 0 Å². The van der Waals surface area contributed by atoms with E-state index < -0.39 is 24.1 Å². The van der Waals surface area contributed by atoms with Crippen molar-refractivity contribution in [1.29, 1.82) is 0 Å². The first kappa shape index (κ1) is 15.6. The minimum Gasteiger partial charge on any atom is -0.480 e. The number of urea groups is 1. The molecule has 8 heteroatoms. The van der Waals surface area contributed by atoms with E-state index >= 15 is 0 Å². The average Bonchev–Trinajstić information content (AvgIpc) is 2.90. The van der Waals surface area contributed by atoms with Crippen LogP contribution in [0.1, 0.15) is 19.8 Å². The molecule has 0 aromatic rings. The summed E-state index contributed by atoms with van der Waals surface area (Å²) in [6.07, 6.45) is 0.486. The number of amides is 3. The zero-order valence-corrected chi connectivity index (χ0v) is 12.2. The van der Waals surface area contributed by atoms with E-state index in [2.05, 4.69) is 5.32 Å². The minimum absolute atomic E-state index is 0.188. The van der Waals surface area contributed by atoms with E-state index in [-0.39, 0.29) is 25.0 Å². The van der Waals surface area contributed by atoms with Gasteiger partial charge in [-0.25, -0.2) is 9.59 Å². The van der Waals surface area contributed by atoms with E-state index in [0.29, 0.717) is 19.5 Å². The Hall–Kier alpha value is -1.83. The number of nitrogens with zero attached hydrogens (tertiary/aromatic N) is 2. The number of hydrogen-bond acceptors (Lipinski definition) is 4. The lowest BCUT2D eigenvalue weighted by atomic mass is 10.1. The molecule has 118 valence electrons. The van der Waals surface area contributed by atoms with Gasteiger partial charge in [-0.15, -0.1) is 0 Å². The standard InChI is InChI=1S/C13H21N3O5/c1-3-9-11(17)14-4-5-15(9)13(20)16-7-8(21-2)6-10(16)12(18)19/h8-10H,3-7H2,1-2H3,(H,14,17)(H,18,19). The average molecular weight is 299 g/mol. The SMILES string of the molecule is CCC1C(=O)NCCN1C(=O)N1CC(OC)CC1C(=O)O. The lowest BCUT2D eigenvalue weighted by molar-refractivity contribution is -0.141. The molecule has 21 heavy (non-hydrogen) atoms. The number of hydrogen-bond donors (Lipinski definition) is 2. The number of carboxylic acids is 1. The summed E-state index contributed by atoms with van der Waals surface area (Å²) in [7, 11) is 1.50. The fourth-order valence-corrected chi connectivity index (χ4v) is 2.93. The summed E-state index contributed by atoms with van der Waals surface area (Å²) in [5.41, 5.74) is 0. The molecule has 2 fully saturated rings. The second-order valence-electron chi connectivity index (χ2n) is 5.29. The quantitative estimate of drug-likeness (QED) is 0.731. The maximum atomic E-state index is 12.6. The Bertz CT molecular complexity index is 442. The van der Waals surface area contributed by atoms with Crippen LogP contribution in [-0.2, 0) is 14.3 Å². The Balaban J connectivity index is 2.17. The highest BCUT2D eigenvalue weighted by Crippen LogP contribution is 2.23. The monoisotopic (exact) mass is 299 g/mol. The van der Waals surface area contributed by atoms with Crippen molar-refractivity contribution in [2.75, 3.05) is 26.7 Å². The molecule has 0 aliphatic carbocycles. The first-order valence-electron chi connectivity index (χ1n) is 7.10. The van der Waals surface area contributed by atoms with Gasteiger partial charge in [-0.1, -0.05) is 6.92 Å². The number of piperazine rings is 1. The largest absolute Gasteiger partial charge is 0.480 e. The number of rotatable bonds is 3. The fourth-order valence-electron chi connectivity index (χ4n) is 2.93. The summed E-state index contributed by atoms with van der Waals surface area (Å²) in [6, 6.07) is -1.84. The molecule has 0 aromatic heterocycles. The summed E-state index contributed by atoms with van der Waals surface area (Å²) >= 11 is 0. The molecule has 2 rings (SSSR count). The Morgan fingerprint density at radius 3 is 2.71 bits per heavy atom. The van der Waals surface area contributed by atoms with Gasteiger partial charge in [0, 0.05) is 33.2 Å². The highest BCUT2D eigenvalue weighted by Gasteiger charge is 2.43. The number of nitrogens with one attached hydrogen (secondary N) is 1. The highest BCUT2D eigenvalue weighted by atomic mass is 16.5. The van der Waals surface area contributed by atoms with E-state index in [1.165, 1.54) is 16.9 Å². The van der Waals surface area contributed by atoms with Gasteiger partial charge in [0.15, 0.2) is 0 Å². The van der Waals surface area contributed by atoms with E-state index in [0.717, 1.165) is 0 Å². The normalized spacial score (nSPS) is 29.4. The number of aliphatic carboxylic acids is 1. The van der Waals surface area contributed by atoms with Gasteiger partial charge in [-0.2, -0.15) is 0 Å². The number of methoxy groups -OCH3 is 1. The van der Waals surface area contributed by atoms with Gasteiger partial charge in [-0.3, -0.25) is 4.79 Å². The summed E-state index contributed by atoms with van der Waals surface area (Å²) in [6.45, 7) is 2.84. The summed E-state index contributed by atoms with van der Waals surface area (Å²) in [5, 5.41) is 12.0. The molecule has 8 nitrogen and oxygen atoms in total. The molecule has 0 radical (unpaired) electrons. The molecule has 2 aliphatic rings. The van der Waals surface area contributed by atoms with Gasteiger partial charge in [0.25, 0.3) is 0 Å². The first-order valence-corrected chi connectivity index (χ1v) is 7.10. The number of ether oxygens (including phenoxy) is 1. The molecule has 2 N–H and O–H groups in total. The van der Waals surface area contributed by atoms with Crippen molar-refractivity contribution in [3.05, 3.63) is 0 Å². The van der Waals surface area contributed by atoms with Crippen LogP contribution in [0.3, 0.4) is 0 Å². The molecule has 2 saturated heterocycles. The van der Waals surface area contributed by atoms with E-state index in [1.54, 1.807) is 0 Å². The van der Waals surface area contributed by atoms with Gasteiger partial charge in [0.05, 0.1) is 6.10 Å². The van der Waals surface area contributed by atoms with Crippen molar-refractivity contribution in [2.45, 2.75) is 38.0 Å². The molecular weight excluding hydrogens is 278 g/mol. The second-order valence-corrected chi connectivity index (χ2v) is 5.29. The minimum atomic E-state index is -1.04. The highest BCUT2D eigenvalue weighted by molar-refractivity contribution is 5.90. The molecule has 0 bridgehead atoms. The molecule has 3 amide bonds. The molecule has 3 atom stereocenters. The van der Waals surface area contributed by atoms with Crippen LogP contribution in [0.5, 0.6) is 0 Å². The molecule has 2 heterocycles. The lowest BCUT2D eigenvalue weighted by Gasteiger charge is -2.37. The van der Waals surface area contributed by atoms with Gasteiger partial charge in [0.2, 0.25) is 5.91 Å². The third kappa shape index (κ3) is 2.94. The van der Waals surface area contributed by atoms with Crippen molar-refractivity contribution in [1.82, 2.24) is 15.1 Å². The van der Waals surface area contributed by atoms with Crippen molar-refractivity contribution in [2.24, 2.45) is 0 Å². The van der Waals surface area contributed by atoms with Crippen LogP contribution in [0, 0.1) is 0 Å². The van der Waals surface area contributed by atoms with Gasteiger partial charge >= 0.3 is 12.0 Å². The van der Waals surface area contributed by atoms with E-state index in [4.69, 9.17) is 4.74 Å². The molecular formula is C13H21N3O5. The number of carbonyl (C=O) groups is 3. The molecule has 3 unspecified atom stereocenters. The van der Waals surface area contributed by atoms with Crippen LogP contribution < -0.4 is 5.32 Å². The number of carbonyl (C=O) groups excluding carboxylic acids is 2. The van der Waals surface area contributed by atoms with Crippen molar-refractivity contribution in [3.63, 3.8) is 0 Å². The predicted molar refractivity (Wildman–Crippen MR) is 72.7 cm³/mol. The van der Waals surface area contributed by atoms with Crippen molar-refractivity contribution < 1.29 is 24.2 Å². The Morgan fingerprint density at radius 1 is 1.43 bits per heavy atom. The topological polar surface area (TPSA) is 99.2 Å². The van der Waals surface area contributed by atoms with Crippen LogP contribution >= 0.6 is 0 Å². The summed E-state index contributed by atoms with van der Waals surface area (Å²) < 4.78 is 5.18. The molecule has 0 saturated carbocycles. The van der Waals surface area contributed by atoms with Crippen LogP contribution in [0.15, 0.2) is 0 Å². The number of carboxylic acid groups (broad SMARTS) is 1. The zero-order valence-electron chi connectivity index (χ0n) is 12.2.